The van der Waals surface area contributed by atoms with Gasteiger partial charge in [0.15, 0.2) is 0 Å². The number of pyridine rings is 2. The maximum absolute atomic E-state index is 4.41. The number of nitrogens with zero attached hydrogens (tertiary/aromatic N) is 2. The Morgan fingerprint density at radius 3 is 2.63 bits per heavy atom. The van der Waals surface area contributed by atoms with E-state index in [0.29, 0.717) is 0 Å². The van der Waals surface area contributed by atoms with Crippen LogP contribution in [0.1, 0.15) is 0 Å². The summed E-state index contributed by atoms with van der Waals surface area (Å²) < 4.78 is 0. The number of benzene rings is 1. The molecule has 3 nitrogen and oxygen atoms in total. The molecule has 3 heterocycles. The summed E-state index contributed by atoms with van der Waals surface area (Å²) in [5, 5.41) is 2.30. The maximum atomic E-state index is 4.41. The van der Waals surface area contributed by atoms with Crippen molar-refractivity contribution in [1.29, 1.82) is 0 Å². The minimum atomic E-state index is 0.915. The summed E-state index contributed by atoms with van der Waals surface area (Å²) in [6.45, 7) is 0. The van der Waals surface area contributed by atoms with Crippen LogP contribution >= 0.6 is 0 Å². The Hall–Kier alpha value is -2.68. The molecule has 0 aliphatic heterocycles. The van der Waals surface area contributed by atoms with E-state index in [1.165, 1.54) is 11.1 Å². The van der Waals surface area contributed by atoms with E-state index in [2.05, 4.69) is 33.2 Å². The van der Waals surface area contributed by atoms with E-state index in [0.717, 1.165) is 21.9 Å². The van der Waals surface area contributed by atoms with Crippen molar-refractivity contribution in [3.8, 4) is 11.1 Å². The molecule has 0 bridgehead atoms. The smallest absolute Gasteiger partial charge is 0.137 e. The summed E-state index contributed by atoms with van der Waals surface area (Å²) in [4.78, 5) is 12.0. The Morgan fingerprint density at radius 2 is 1.63 bits per heavy atom. The molecule has 0 fully saturated rings. The van der Waals surface area contributed by atoms with Crippen LogP contribution in [0.3, 0.4) is 0 Å². The second-order valence-corrected chi connectivity index (χ2v) is 4.48. The van der Waals surface area contributed by atoms with Crippen LogP contribution in [0.4, 0.5) is 0 Å². The van der Waals surface area contributed by atoms with Gasteiger partial charge in [-0.05, 0) is 29.8 Å². The van der Waals surface area contributed by atoms with Gasteiger partial charge in [0, 0.05) is 34.9 Å². The first-order chi connectivity index (χ1) is 9.43. The molecule has 0 aliphatic carbocycles. The van der Waals surface area contributed by atoms with Crippen molar-refractivity contribution in [1.82, 2.24) is 15.0 Å². The van der Waals surface area contributed by atoms with Crippen LogP contribution in [0.15, 0.2) is 61.1 Å². The van der Waals surface area contributed by atoms with E-state index in [1.54, 1.807) is 6.20 Å². The number of rotatable bonds is 1. The third-order valence-corrected chi connectivity index (χ3v) is 3.39. The normalized spacial score (nSPS) is 11.2. The summed E-state index contributed by atoms with van der Waals surface area (Å²) in [5.41, 5.74) is 4.28. The van der Waals surface area contributed by atoms with Crippen LogP contribution < -0.4 is 0 Å². The van der Waals surface area contributed by atoms with Gasteiger partial charge in [-0.2, -0.15) is 0 Å². The van der Waals surface area contributed by atoms with E-state index in [9.17, 15) is 0 Å². The van der Waals surface area contributed by atoms with Crippen molar-refractivity contribution in [3.05, 3.63) is 61.1 Å². The quantitative estimate of drug-likeness (QED) is 0.554. The predicted octanol–water partition coefficient (Wildman–Crippen LogP) is 3.78. The number of H-pyrrole nitrogens is 1. The zero-order valence-electron chi connectivity index (χ0n) is 10.2. The van der Waals surface area contributed by atoms with Gasteiger partial charge in [-0.3, -0.25) is 4.98 Å². The molecule has 0 spiro atoms. The van der Waals surface area contributed by atoms with Crippen molar-refractivity contribution < 1.29 is 0 Å². The highest BCUT2D eigenvalue weighted by molar-refractivity contribution is 6.02. The summed E-state index contributed by atoms with van der Waals surface area (Å²) >= 11 is 0. The van der Waals surface area contributed by atoms with Gasteiger partial charge in [0.2, 0.25) is 0 Å². The molecule has 0 saturated heterocycles. The molecule has 0 saturated carbocycles. The van der Waals surface area contributed by atoms with Crippen LogP contribution in [0.5, 0.6) is 0 Å². The molecule has 1 N–H and O–H groups in total. The molecule has 1 aromatic carbocycles. The molecular weight excluding hydrogens is 234 g/mol. The molecule has 4 rings (SSSR count). The third-order valence-electron chi connectivity index (χ3n) is 3.39. The monoisotopic (exact) mass is 245 g/mol. The summed E-state index contributed by atoms with van der Waals surface area (Å²) in [6, 6.07) is 14.3. The number of fused-ring (bicyclic) bond motifs is 2. The largest absolute Gasteiger partial charge is 0.346 e. The van der Waals surface area contributed by atoms with E-state index in [1.807, 2.05) is 36.7 Å². The number of hydrogen-bond donors (Lipinski definition) is 1. The number of aromatic amines is 1. The zero-order valence-corrected chi connectivity index (χ0v) is 10.2. The zero-order chi connectivity index (χ0) is 12.7. The molecule has 3 heteroatoms. The minimum Gasteiger partial charge on any atom is -0.346 e. The second-order valence-electron chi connectivity index (χ2n) is 4.48. The number of para-hydroxylation sites is 1. The van der Waals surface area contributed by atoms with Crippen molar-refractivity contribution in [2.75, 3.05) is 0 Å². The topological polar surface area (TPSA) is 41.6 Å². The lowest BCUT2D eigenvalue weighted by atomic mass is 10.0. The maximum Gasteiger partial charge on any atom is 0.137 e. The molecule has 3 aromatic heterocycles. The fourth-order valence-corrected chi connectivity index (χ4v) is 2.51. The summed E-state index contributed by atoms with van der Waals surface area (Å²) in [5.74, 6) is 0. The molecule has 4 aromatic rings. The van der Waals surface area contributed by atoms with Gasteiger partial charge in [0.05, 0.1) is 5.52 Å². The first kappa shape index (κ1) is 10.3. The van der Waals surface area contributed by atoms with Crippen LogP contribution in [0.25, 0.3) is 33.1 Å². The van der Waals surface area contributed by atoms with Gasteiger partial charge in [0.25, 0.3) is 0 Å². The Bertz CT molecular complexity index is 872. The molecule has 0 unspecified atom stereocenters. The van der Waals surface area contributed by atoms with Crippen molar-refractivity contribution in [2.24, 2.45) is 0 Å². The van der Waals surface area contributed by atoms with Gasteiger partial charge >= 0.3 is 0 Å². The highest BCUT2D eigenvalue weighted by Gasteiger charge is 2.09. The summed E-state index contributed by atoms with van der Waals surface area (Å²) in [6.07, 6.45) is 5.67. The molecule has 0 radical (unpaired) electrons. The van der Waals surface area contributed by atoms with E-state index >= 15 is 0 Å². The van der Waals surface area contributed by atoms with E-state index < -0.39 is 0 Å². The fourth-order valence-electron chi connectivity index (χ4n) is 2.51. The van der Waals surface area contributed by atoms with Crippen LogP contribution in [-0.4, -0.2) is 15.0 Å². The number of aromatic nitrogens is 3. The highest BCUT2D eigenvalue weighted by atomic mass is 14.8. The SMILES string of the molecule is c1ccc2c(-c3c[nH]c4ncccc34)ccnc2c1. The first-order valence-corrected chi connectivity index (χ1v) is 6.20. The lowest BCUT2D eigenvalue weighted by molar-refractivity contribution is 1.33. The average Bonchev–Trinajstić information content (AvgIpc) is 2.90. The highest BCUT2D eigenvalue weighted by Crippen LogP contribution is 2.32. The van der Waals surface area contributed by atoms with Gasteiger partial charge < -0.3 is 4.98 Å². The molecule has 19 heavy (non-hydrogen) atoms. The van der Waals surface area contributed by atoms with Crippen LogP contribution in [0, 0.1) is 0 Å². The van der Waals surface area contributed by atoms with Crippen LogP contribution in [0.2, 0.25) is 0 Å². The second kappa shape index (κ2) is 3.92. The van der Waals surface area contributed by atoms with E-state index in [-0.39, 0.29) is 0 Å². The molecule has 0 atom stereocenters. The van der Waals surface area contributed by atoms with Crippen LogP contribution in [-0.2, 0) is 0 Å². The fraction of sp³-hybridized carbons (Fsp3) is 0. The van der Waals surface area contributed by atoms with Gasteiger partial charge in [-0.1, -0.05) is 18.2 Å². The first-order valence-electron chi connectivity index (χ1n) is 6.20. The summed E-state index contributed by atoms with van der Waals surface area (Å²) in [7, 11) is 0. The minimum absolute atomic E-state index is 0.915. The van der Waals surface area contributed by atoms with Crippen molar-refractivity contribution in [3.63, 3.8) is 0 Å². The van der Waals surface area contributed by atoms with Gasteiger partial charge in [-0.25, -0.2) is 4.98 Å². The van der Waals surface area contributed by atoms with Gasteiger partial charge in [0.1, 0.15) is 5.65 Å². The Balaban J connectivity index is 2.10. The lowest BCUT2D eigenvalue weighted by Crippen LogP contribution is -1.83. The molecule has 0 amide bonds. The number of hydrogen-bond acceptors (Lipinski definition) is 2. The number of nitrogens with one attached hydrogen (secondary N) is 1. The molecule has 0 aliphatic rings. The van der Waals surface area contributed by atoms with Gasteiger partial charge in [-0.15, -0.1) is 0 Å². The Labute approximate surface area is 110 Å². The lowest BCUT2D eigenvalue weighted by Gasteiger charge is -2.04. The third kappa shape index (κ3) is 1.52. The predicted molar refractivity (Wildman–Crippen MR) is 76.8 cm³/mol. The van der Waals surface area contributed by atoms with E-state index in [4.69, 9.17) is 0 Å². The van der Waals surface area contributed by atoms with Crippen molar-refractivity contribution >= 4 is 21.9 Å². The standard InChI is InChI=1S/C16H11N3/c1-2-6-15-12(4-1)11(7-9-17-15)14-10-19-16-13(14)5-3-8-18-16/h1-10H,(H,18,19). The molecular formula is C16H11N3. The van der Waals surface area contributed by atoms with Crippen molar-refractivity contribution in [2.45, 2.75) is 0 Å². The Morgan fingerprint density at radius 1 is 0.737 bits per heavy atom. The Kier molecular flexibility index (Phi) is 2.12. The average molecular weight is 245 g/mol. The molecule has 90 valence electrons.